The van der Waals surface area contributed by atoms with E-state index in [9.17, 15) is 4.79 Å². The Morgan fingerprint density at radius 3 is 2.50 bits per heavy atom. The third-order valence-electron chi connectivity index (χ3n) is 5.88. The van der Waals surface area contributed by atoms with Crippen molar-refractivity contribution in [2.24, 2.45) is 0 Å². The molecule has 7 heteroatoms. The first-order chi connectivity index (χ1) is 15.3. The molecule has 1 aliphatic rings. The van der Waals surface area contributed by atoms with Crippen LogP contribution in [0.4, 0.5) is 4.79 Å². The van der Waals surface area contributed by atoms with Gasteiger partial charge >= 0.3 is 6.03 Å². The van der Waals surface area contributed by atoms with Gasteiger partial charge in [0.1, 0.15) is 13.2 Å². The number of carbonyl (C=O) groups is 1. The van der Waals surface area contributed by atoms with Gasteiger partial charge in [0.15, 0.2) is 11.5 Å². The molecule has 3 aromatic rings. The number of aromatic nitrogens is 2. The molecule has 168 valence electrons. The number of fused-ring (bicyclic) bond motifs is 1. The maximum absolute atomic E-state index is 12.5. The summed E-state index contributed by atoms with van der Waals surface area (Å²) in [7, 11) is 0. The molecule has 0 atom stereocenters. The zero-order valence-corrected chi connectivity index (χ0v) is 19.1. The molecule has 32 heavy (non-hydrogen) atoms. The number of hydrogen-bond acceptors (Lipinski definition) is 4. The van der Waals surface area contributed by atoms with Crippen LogP contribution >= 0.6 is 0 Å². The van der Waals surface area contributed by atoms with Gasteiger partial charge in [0, 0.05) is 29.8 Å². The van der Waals surface area contributed by atoms with Gasteiger partial charge in [0.2, 0.25) is 0 Å². The molecule has 0 bridgehead atoms. The largest absolute Gasteiger partial charge is 0.486 e. The minimum Gasteiger partial charge on any atom is -0.486 e. The summed E-state index contributed by atoms with van der Waals surface area (Å²) in [4.78, 5) is 12.5. The van der Waals surface area contributed by atoms with Gasteiger partial charge in [-0.15, -0.1) is 0 Å². The molecule has 2 N–H and O–H groups in total. The Morgan fingerprint density at radius 1 is 1.03 bits per heavy atom. The van der Waals surface area contributed by atoms with Gasteiger partial charge in [0.05, 0.1) is 11.4 Å². The van der Waals surface area contributed by atoms with Crippen molar-refractivity contribution in [2.75, 3.05) is 19.8 Å². The van der Waals surface area contributed by atoms with E-state index in [1.54, 1.807) is 0 Å². The lowest BCUT2D eigenvalue weighted by Crippen LogP contribution is -2.42. The summed E-state index contributed by atoms with van der Waals surface area (Å²) in [5.41, 5.74) is 4.77. The number of carbonyl (C=O) groups excluding carboxylic acids is 1. The summed E-state index contributed by atoms with van der Waals surface area (Å²) < 4.78 is 13.2. The SMILES string of the molecule is Cc1nn(-c2ccccc2)c(C)c1CNC(=O)NCC(C)(C)c1ccc2c(c1)OCCO2. The first-order valence-electron chi connectivity index (χ1n) is 10.9. The van der Waals surface area contributed by atoms with E-state index in [0.717, 1.165) is 39.7 Å². The molecule has 1 aliphatic heterocycles. The van der Waals surface area contributed by atoms with E-state index in [-0.39, 0.29) is 11.4 Å². The number of urea groups is 1. The summed E-state index contributed by atoms with van der Waals surface area (Å²) in [6, 6.07) is 15.7. The summed E-state index contributed by atoms with van der Waals surface area (Å²) >= 11 is 0. The summed E-state index contributed by atoms with van der Waals surface area (Å²) in [5, 5.41) is 10.6. The first kappa shape index (κ1) is 21.7. The molecule has 2 aromatic carbocycles. The summed E-state index contributed by atoms with van der Waals surface area (Å²) in [6.45, 7) is 10.2. The molecular weight excluding hydrogens is 404 g/mol. The fraction of sp³-hybridized carbons (Fsp3) is 0.360. The van der Waals surface area contributed by atoms with Crippen molar-refractivity contribution in [1.29, 1.82) is 0 Å². The lowest BCUT2D eigenvalue weighted by atomic mass is 9.84. The monoisotopic (exact) mass is 434 g/mol. The average molecular weight is 435 g/mol. The highest BCUT2D eigenvalue weighted by atomic mass is 16.6. The average Bonchev–Trinajstić information content (AvgIpc) is 3.09. The third-order valence-corrected chi connectivity index (χ3v) is 5.88. The van der Waals surface area contributed by atoms with Gasteiger partial charge in [-0.25, -0.2) is 9.48 Å². The van der Waals surface area contributed by atoms with Crippen LogP contribution in [0.25, 0.3) is 5.69 Å². The zero-order chi connectivity index (χ0) is 22.7. The van der Waals surface area contributed by atoms with Gasteiger partial charge < -0.3 is 20.1 Å². The zero-order valence-electron chi connectivity index (χ0n) is 19.1. The standard InChI is InChI=1S/C25H30N4O3/c1-17-21(18(2)29(28-17)20-8-6-5-7-9-20)15-26-24(30)27-16-25(3,4)19-10-11-22-23(14-19)32-13-12-31-22/h5-11,14H,12-13,15-16H2,1-4H3,(H2,26,27,30). The Bertz CT molecular complexity index is 1110. The molecule has 0 unspecified atom stereocenters. The highest BCUT2D eigenvalue weighted by Crippen LogP contribution is 2.34. The Morgan fingerprint density at radius 2 is 1.75 bits per heavy atom. The molecule has 4 rings (SSSR count). The smallest absolute Gasteiger partial charge is 0.315 e. The number of para-hydroxylation sites is 1. The number of nitrogens with one attached hydrogen (secondary N) is 2. The van der Waals surface area contributed by atoms with E-state index in [1.165, 1.54) is 0 Å². The highest BCUT2D eigenvalue weighted by Gasteiger charge is 2.24. The summed E-state index contributed by atoms with van der Waals surface area (Å²) in [6.07, 6.45) is 0. The van der Waals surface area contributed by atoms with Crippen molar-refractivity contribution in [3.05, 3.63) is 71.0 Å². The van der Waals surface area contributed by atoms with E-state index in [2.05, 4.69) is 29.6 Å². The lowest BCUT2D eigenvalue weighted by Gasteiger charge is -2.28. The van der Waals surface area contributed by atoms with Crippen LogP contribution in [0.5, 0.6) is 11.5 Å². The molecule has 0 spiro atoms. The van der Waals surface area contributed by atoms with Crippen molar-refractivity contribution in [2.45, 2.75) is 39.7 Å². The second-order valence-corrected chi connectivity index (χ2v) is 8.68. The minimum absolute atomic E-state index is 0.207. The maximum atomic E-state index is 12.5. The van der Waals surface area contributed by atoms with Crippen LogP contribution in [0.3, 0.4) is 0 Å². The number of aryl methyl sites for hydroxylation is 1. The molecule has 0 saturated carbocycles. The minimum atomic E-state index is -0.267. The van der Waals surface area contributed by atoms with Crippen LogP contribution in [0.1, 0.15) is 36.4 Å². The van der Waals surface area contributed by atoms with Gasteiger partial charge in [-0.1, -0.05) is 38.1 Å². The van der Waals surface area contributed by atoms with E-state index in [1.807, 2.05) is 67.1 Å². The second-order valence-electron chi connectivity index (χ2n) is 8.68. The summed E-state index contributed by atoms with van der Waals surface area (Å²) in [5.74, 6) is 1.52. The number of hydrogen-bond donors (Lipinski definition) is 2. The number of ether oxygens (including phenoxy) is 2. The van der Waals surface area contributed by atoms with E-state index >= 15 is 0 Å². The number of nitrogens with zero attached hydrogens (tertiary/aromatic N) is 2. The van der Waals surface area contributed by atoms with Gasteiger partial charge in [-0.05, 0) is 43.7 Å². The number of rotatable bonds is 6. The lowest BCUT2D eigenvalue weighted by molar-refractivity contribution is 0.171. The molecule has 2 heterocycles. The number of amides is 2. The molecule has 0 radical (unpaired) electrons. The van der Waals surface area contributed by atoms with Crippen molar-refractivity contribution >= 4 is 6.03 Å². The third kappa shape index (κ3) is 4.56. The maximum Gasteiger partial charge on any atom is 0.315 e. The van der Waals surface area contributed by atoms with E-state index in [0.29, 0.717) is 26.3 Å². The molecule has 7 nitrogen and oxygen atoms in total. The Hall–Kier alpha value is -3.48. The van der Waals surface area contributed by atoms with Crippen molar-refractivity contribution in [1.82, 2.24) is 20.4 Å². The van der Waals surface area contributed by atoms with Gasteiger partial charge in [-0.2, -0.15) is 5.10 Å². The predicted molar refractivity (Wildman–Crippen MR) is 124 cm³/mol. The van der Waals surface area contributed by atoms with Crippen LogP contribution in [0.15, 0.2) is 48.5 Å². The quantitative estimate of drug-likeness (QED) is 0.614. The Labute approximate surface area is 188 Å². The molecule has 2 amide bonds. The molecule has 1 aromatic heterocycles. The van der Waals surface area contributed by atoms with Crippen LogP contribution in [-0.4, -0.2) is 35.6 Å². The van der Waals surface area contributed by atoms with Crippen LogP contribution in [-0.2, 0) is 12.0 Å². The van der Waals surface area contributed by atoms with E-state index < -0.39 is 0 Å². The fourth-order valence-electron chi connectivity index (χ4n) is 3.85. The highest BCUT2D eigenvalue weighted by molar-refractivity contribution is 5.74. The Kier molecular flexibility index (Phi) is 6.08. The number of benzene rings is 2. The van der Waals surface area contributed by atoms with Gasteiger partial charge in [0.25, 0.3) is 0 Å². The fourth-order valence-corrected chi connectivity index (χ4v) is 3.85. The van der Waals surface area contributed by atoms with Crippen LogP contribution in [0.2, 0.25) is 0 Å². The van der Waals surface area contributed by atoms with Crippen molar-refractivity contribution < 1.29 is 14.3 Å². The van der Waals surface area contributed by atoms with Gasteiger partial charge in [-0.3, -0.25) is 0 Å². The molecule has 0 aliphatic carbocycles. The normalized spacial score (nSPS) is 13.0. The molecular formula is C25H30N4O3. The molecule has 0 fully saturated rings. The first-order valence-corrected chi connectivity index (χ1v) is 10.9. The van der Waals surface area contributed by atoms with Crippen LogP contribution in [0, 0.1) is 13.8 Å². The molecule has 0 saturated heterocycles. The topological polar surface area (TPSA) is 77.4 Å². The Balaban J connectivity index is 1.36. The predicted octanol–water partition coefficient (Wildman–Crippen LogP) is 4.04. The van der Waals surface area contributed by atoms with Crippen LogP contribution < -0.4 is 20.1 Å². The van der Waals surface area contributed by atoms with Crippen molar-refractivity contribution in [3.63, 3.8) is 0 Å². The van der Waals surface area contributed by atoms with Crippen molar-refractivity contribution in [3.8, 4) is 17.2 Å². The second kappa shape index (κ2) is 8.94. The van der Waals surface area contributed by atoms with E-state index in [4.69, 9.17) is 9.47 Å².